The van der Waals surface area contributed by atoms with Gasteiger partial charge in [0.05, 0.1) is 0 Å². The molecule has 0 aliphatic carbocycles. The number of carbonyl (C=O) groups is 1. The van der Waals surface area contributed by atoms with Crippen LogP contribution in [-0.2, 0) is 0 Å². The van der Waals surface area contributed by atoms with Crippen LogP contribution in [0.4, 0.5) is 16.2 Å². The van der Waals surface area contributed by atoms with Crippen molar-refractivity contribution in [3.05, 3.63) is 53.1 Å². The topological polar surface area (TPSA) is 61.4 Å². The number of aryl methyl sites for hydroxylation is 3. The van der Waals surface area contributed by atoms with Crippen LogP contribution in [0.25, 0.3) is 0 Å². The SMILES string of the molecule is Cc1ccc(NC(=O)Nc2cc(C)c(O)cc2C)cc1. The number of nitrogens with one attached hydrogen (secondary N) is 2. The van der Waals surface area contributed by atoms with Crippen molar-refractivity contribution in [2.75, 3.05) is 10.6 Å². The highest BCUT2D eigenvalue weighted by Gasteiger charge is 2.07. The van der Waals surface area contributed by atoms with Crippen LogP contribution in [0.1, 0.15) is 16.7 Å². The first kappa shape index (κ1) is 13.9. The standard InChI is InChI=1S/C16H18N2O2/c1-10-4-6-13(7-5-10)17-16(20)18-14-8-12(3)15(19)9-11(14)2/h4-9,19H,1-3H3,(H2,17,18,20). The minimum absolute atomic E-state index is 0.229. The van der Waals surface area contributed by atoms with Crippen molar-refractivity contribution in [3.8, 4) is 5.75 Å². The zero-order valence-electron chi connectivity index (χ0n) is 11.8. The van der Waals surface area contributed by atoms with E-state index in [0.29, 0.717) is 5.69 Å². The van der Waals surface area contributed by atoms with E-state index in [4.69, 9.17) is 0 Å². The van der Waals surface area contributed by atoms with Gasteiger partial charge in [-0.25, -0.2) is 4.79 Å². The Balaban J connectivity index is 2.08. The summed E-state index contributed by atoms with van der Waals surface area (Å²) in [5.41, 5.74) is 4.10. The van der Waals surface area contributed by atoms with Crippen LogP contribution in [0, 0.1) is 20.8 Å². The maximum atomic E-state index is 11.9. The Hall–Kier alpha value is -2.49. The highest BCUT2D eigenvalue weighted by Crippen LogP contribution is 2.25. The van der Waals surface area contributed by atoms with E-state index in [0.717, 1.165) is 22.4 Å². The molecule has 2 aromatic rings. The van der Waals surface area contributed by atoms with Gasteiger partial charge in [-0.15, -0.1) is 0 Å². The third-order valence-electron chi connectivity index (χ3n) is 3.10. The molecule has 0 aromatic heterocycles. The van der Waals surface area contributed by atoms with Gasteiger partial charge < -0.3 is 15.7 Å². The number of rotatable bonds is 2. The Labute approximate surface area is 118 Å². The molecule has 2 rings (SSSR count). The fourth-order valence-corrected chi connectivity index (χ4v) is 1.86. The van der Waals surface area contributed by atoms with E-state index in [-0.39, 0.29) is 11.8 Å². The van der Waals surface area contributed by atoms with Crippen molar-refractivity contribution in [1.29, 1.82) is 0 Å². The van der Waals surface area contributed by atoms with E-state index in [1.54, 1.807) is 19.1 Å². The van der Waals surface area contributed by atoms with Crippen LogP contribution in [0.15, 0.2) is 36.4 Å². The zero-order chi connectivity index (χ0) is 14.7. The average Bonchev–Trinajstić information content (AvgIpc) is 2.39. The molecular formula is C16H18N2O2. The number of phenolic OH excluding ortho intramolecular Hbond substituents is 1. The lowest BCUT2D eigenvalue weighted by Gasteiger charge is -2.11. The van der Waals surface area contributed by atoms with E-state index >= 15 is 0 Å². The molecule has 104 valence electrons. The first-order valence-corrected chi connectivity index (χ1v) is 6.40. The first-order valence-electron chi connectivity index (χ1n) is 6.40. The summed E-state index contributed by atoms with van der Waals surface area (Å²) in [7, 11) is 0. The van der Waals surface area contributed by atoms with Gasteiger partial charge in [0.1, 0.15) is 5.75 Å². The minimum Gasteiger partial charge on any atom is -0.508 e. The Morgan fingerprint density at radius 2 is 1.60 bits per heavy atom. The van der Waals surface area contributed by atoms with E-state index in [2.05, 4.69) is 10.6 Å². The highest BCUT2D eigenvalue weighted by molar-refractivity contribution is 6.00. The van der Waals surface area contributed by atoms with E-state index < -0.39 is 0 Å². The van der Waals surface area contributed by atoms with E-state index in [1.165, 1.54) is 0 Å². The molecular weight excluding hydrogens is 252 g/mol. The second kappa shape index (κ2) is 5.65. The highest BCUT2D eigenvalue weighted by atomic mass is 16.3. The number of urea groups is 1. The summed E-state index contributed by atoms with van der Waals surface area (Å²) >= 11 is 0. The number of carbonyl (C=O) groups excluding carboxylic acids is 1. The average molecular weight is 270 g/mol. The van der Waals surface area contributed by atoms with Crippen molar-refractivity contribution in [3.63, 3.8) is 0 Å². The molecule has 4 heteroatoms. The predicted octanol–water partition coefficient (Wildman–Crippen LogP) is 3.96. The molecule has 0 aliphatic rings. The second-order valence-electron chi connectivity index (χ2n) is 4.90. The summed E-state index contributed by atoms with van der Waals surface area (Å²) < 4.78 is 0. The summed E-state index contributed by atoms with van der Waals surface area (Å²) in [4.78, 5) is 11.9. The van der Waals surface area contributed by atoms with Crippen molar-refractivity contribution < 1.29 is 9.90 Å². The van der Waals surface area contributed by atoms with Crippen LogP contribution < -0.4 is 10.6 Å². The fraction of sp³-hybridized carbons (Fsp3) is 0.188. The van der Waals surface area contributed by atoms with Crippen LogP contribution >= 0.6 is 0 Å². The number of aromatic hydroxyl groups is 1. The summed E-state index contributed by atoms with van der Waals surface area (Å²) in [6.45, 7) is 5.62. The normalized spacial score (nSPS) is 10.2. The molecule has 0 saturated heterocycles. The van der Waals surface area contributed by atoms with Crippen molar-refractivity contribution >= 4 is 17.4 Å². The van der Waals surface area contributed by atoms with Gasteiger partial charge in [-0.3, -0.25) is 0 Å². The molecule has 0 heterocycles. The van der Waals surface area contributed by atoms with Gasteiger partial charge in [0.15, 0.2) is 0 Å². The molecule has 0 fully saturated rings. The van der Waals surface area contributed by atoms with Crippen molar-refractivity contribution in [2.45, 2.75) is 20.8 Å². The van der Waals surface area contributed by atoms with E-state index in [1.807, 2.05) is 38.1 Å². The molecule has 0 bridgehead atoms. The Morgan fingerprint density at radius 3 is 2.25 bits per heavy atom. The van der Waals surface area contributed by atoms with Crippen molar-refractivity contribution in [2.24, 2.45) is 0 Å². The smallest absolute Gasteiger partial charge is 0.323 e. The van der Waals surface area contributed by atoms with Gasteiger partial charge >= 0.3 is 6.03 Å². The number of benzene rings is 2. The molecule has 0 radical (unpaired) electrons. The predicted molar refractivity (Wildman–Crippen MR) is 81.4 cm³/mol. The van der Waals surface area contributed by atoms with Crippen molar-refractivity contribution in [1.82, 2.24) is 0 Å². The summed E-state index contributed by atoms with van der Waals surface area (Å²) in [6.07, 6.45) is 0. The van der Waals surface area contributed by atoms with Crippen LogP contribution in [-0.4, -0.2) is 11.1 Å². The van der Waals surface area contributed by atoms with Gasteiger partial charge in [-0.05, 0) is 56.2 Å². The molecule has 20 heavy (non-hydrogen) atoms. The number of hydrogen-bond donors (Lipinski definition) is 3. The summed E-state index contributed by atoms with van der Waals surface area (Å²) in [5, 5.41) is 15.1. The maximum absolute atomic E-state index is 11.9. The number of phenols is 1. The minimum atomic E-state index is -0.304. The third-order valence-corrected chi connectivity index (χ3v) is 3.10. The lowest BCUT2D eigenvalue weighted by atomic mass is 10.1. The van der Waals surface area contributed by atoms with Gasteiger partial charge in [0.2, 0.25) is 0 Å². The fourth-order valence-electron chi connectivity index (χ4n) is 1.86. The molecule has 0 atom stereocenters. The Bertz CT molecular complexity index is 634. The third kappa shape index (κ3) is 3.29. The van der Waals surface area contributed by atoms with Gasteiger partial charge in [0, 0.05) is 11.4 Å². The van der Waals surface area contributed by atoms with Gasteiger partial charge in [0.25, 0.3) is 0 Å². The Morgan fingerprint density at radius 1 is 0.950 bits per heavy atom. The monoisotopic (exact) mass is 270 g/mol. The second-order valence-corrected chi connectivity index (χ2v) is 4.90. The maximum Gasteiger partial charge on any atom is 0.323 e. The molecule has 0 unspecified atom stereocenters. The van der Waals surface area contributed by atoms with Gasteiger partial charge in [-0.1, -0.05) is 17.7 Å². The quantitative estimate of drug-likeness (QED) is 0.723. The molecule has 2 amide bonds. The lowest BCUT2D eigenvalue weighted by Crippen LogP contribution is -2.20. The summed E-state index contributed by atoms with van der Waals surface area (Å²) in [6, 6.07) is 10.7. The molecule has 4 nitrogen and oxygen atoms in total. The van der Waals surface area contributed by atoms with Crippen LogP contribution in [0.3, 0.4) is 0 Å². The molecule has 0 spiro atoms. The number of hydrogen-bond acceptors (Lipinski definition) is 2. The van der Waals surface area contributed by atoms with Gasteiger partial charge in [-0.2, -0.15) is 0 Å². The largest absolute Gasteiger partial charge is 0.508 e. The number of amides is 2. The number of anilines is 2. The zero-order valence-corrected chi connectivity index (χ0v) is 11.8. The molecule has 0 saturated carbocycles. The summed E-state index contributed by atoms with van der Waals surface area (Å²) in [5.74, 6) is 0.229. The van der Waals surface area contributed by atoms with Crippen LogP contribution in [0.5, 0.6) is 5.75 Å². The lowest BCUT2D eigenvalue weighted by molar-refractivity contribution is 0.262. The molecule has 3 N–H and O–H groups in total. The van der Waals surface area contributed by atoms with Crippen LogP contribution in [0.2, 0.25) is 0 Å². The Kier molecular flexibility index (Phi) is 3.94. The molecule has 0 aliphatic heterocycles. The van der Waals surface area contributed by atoms with E-state index in [9.17, 15) is 9.90 Å². The molecule has 2 aromatic carbocycles. The first-order chi connectivity index (χ1) is 9.45.